The number of fused-ring (bicyclic) bond motifs is 15. The van der Waals surface area contributed by atoms with E-state index in [1.54, 1.807) is 0 Å². The molecule has 80 heavy (non-hydrogen) atoms. The Morgan fingerprint density at radius 2 is 1.30 bits per heavy atom. The largest absolute Gasteiger partial charge is 0.508 e. The molecule has 11 bridgehead atoms. The summed E-state index contributed by atoms with van der Waals surface area (Å²) >= 11 is 10.1. The SMILES string of the molecule is CN[C@H](CC(C)C)C(=O)N[C@H]1C(=O)N[C@@H](CC(N)=O)C(=O)N[C@H]2C(=O)N[C@H]3C(=O)N[C@H](C(=O)N[C@H](C(=O)O)c4cc(O)cc(O)c4-c4cc3ccc4O)[C@H](O)c3ccc(c(Cl)c3)Oc3cc2cc(c3O)Oc2ccc(cc2Br)[C@H]1O. The number of rotatable bonds is 8. The second-order valence-electron chi connectivity index (χ2n) is 19.4. The Hall–Kier alpha value is -8.69. The first kappa shape index (κ1) is 57.5. The van der Waals surface area contributed by atoms with Crippen LogP contribution in [0.3, 0.4) is 0 Å². The van der Waals surface area contributed by atoms with Crippen LogP contribution in [0.25, 0.3) is 11.1 Å². The number of nitrogens with two attached hydrogens (primary N) is 1. The van der Waals surface area contributed by atoms with Gasteiger partial charge in [0.2, 0.25) is 47.1 Å². The molecule has 0 aromatic heterocycles. The predicted octanol–water partition coefficient (Wildman–Crippen LogP) is 2.50. The average molecular weight is 1190 g/mol. The number of phenols is 4. The molecule has 7 amide bonds. The number of likely N-dealkylation sites (N-methyl/N-ethyl adjacent to an activating group) is 1. The number of carbonyl (C=O) groups excluding carboxylic acids is 7. The lowest BCUT2D eigenvalue weighted by Crippen LogP contribution is -2.59. The van der Waals surface area contributed by atoms with Crippen molar-refractivity contribution in [2.45, 2.75) is 81.2 Å². The minimum atomic E-state index is -2.18. The fourth-order valence-corrected chi connectivity index (χ4v) is 10.0. The number of halogens is 2. The first-order valence-corrected chi connectivity index (χ1v) is 25.6. The predicted molar refractivity (Wildman–Crippen MR) is 283 cm³/mol. The number of aliphatic hydroxyl groups is 2. The van der Waals surface area contributed by atoms with Gasteiger partial charge in [-0.15, -0.1) is 0 Å². The van der Waals surface area contributed by atoms with Gasteiger partial charge in [0, 0.05) is 22.8 Å². The topological polar surface area (TPSA) is 407 Å². The summed E-state index contributed by atoms with van der Waals surface area (Å²) in [6.45, 7) is 3.70. The zero-order valence-corrected chi connectivity index (χ0v) is 44.6. The number of hydrogen-bond donors (Lipinski definition) is 15. The standard InChI is InChI=1S/C53H52BrClN8O17/c1-19(2)10-29(57-3)47(71)62-42-44(68)21-5-8-33(27(54)12-21)79-35-14-23-15-36(46(35)70)80-34-9-6-22(13-28(34)55)45(69)43-52(76)61-41(53(77)78)26-16-24(64)17-32(66)38(26)25-11-20(4-7-31(25)65)39(49(73)63-43)60-50(74)40(23)59-48(72)30(18-37(56)67)58-51(42)75/h4-9,11-17,19,29-30,39-45,57,64-66,68-70H,10,18H2,1-3H3,(H2,56,67)(H,58,75)(H,59,72)(H,60,74)(H,61,76)(H,62,71)(H,63,73)(H,77,78)/t29-,30+,39-,40-,41+,42-,43+,44-,45-/m1/s1. The number of aliphatic hydroxyl groups excluding tert-OH is 2. The van der Waals surface area contributed by atoms with Crippen molar-refractivity contribution < 1.29 is 83.6 Å². The van der Waals surface area contributed by atoms with Crippen LogP contribution in [0.15, 0.2) is 83.3 Å². The van der Waals surface area contributed by atoms with Crippen molar-refractivity contribution in [2.75, 3.05) is 7.05 Å². The van der Waals surface area contributed by atoms with Crippen molar-refractivity contribution >= 4 is 74.9 Å². The first-order valence-electron chi connectivity index (χ1n) is 24.4. The summed E-state index contributed by atoms with van der Waals surface area (Å²) < 4.78 is 12.4. The van der Waals surface area contributed by atoms with Crippen LogP contribution in [0.1, 0.15) is 84.8 Å². The number of amides is 7. The van der Waals surface area contributed by atoms with E-state index in [-0.39, 0.29) is 55.6 Å². The molecule has 420 valence electrons. The molecule has 10 rings (SSSR count). The van der Waals surface area contributed by atoms with Crippen molar-refractivity contribution in [3.05, 3.63) is 116 Å². The maximum atomic E-state index is 15.4. The fraction of sp³-hybridized carbons (Fsp3) is 0.283. The van der Waals surface area contributed by atoms with Crippen LogP contribution in [-0.4, -0.2) is 114 Å². The minimum absolute atomic E-state index is 0.0147. The van der Waals surface area contributed by atoms with Crippen LogP contribution in [0, 0.1) is 5.92 Å². The Labute approximate surface area is 466 Å². The number of hydrogen-bond acceptors (Lipinski definition) is 17. The second kappa shape index (κ2) is 23.3. The summed E-state index contributed by atoms with van der Waals surface area (Å²) in [6, 6.07) is 1.11. The number of nitrogens with one attached hydrogen (secondary N) is 7. The van der Waals surface area contributed by atoms with Crippen LogP contribution in [0.5, 0.6) is 46.0 Å². The number of aromatic hydroxyl groups is 4. The van der Waals surface area contributed by atoms with Crippen LogP contribution in [0.2, 0.25) is 5.02 Å². The average Bonchev–Trinajstić information content (AvgIpc) is 3.39. The molecule has 0 fully saturated rings. The monoisotopic (exact) mass is 1190 g/mol. The fourth-order valence-electron chi connectivity index (χ4n) is 9.34. The van der Waals surface area contributed by atoms with Gasteiger partial charge in [0.25, 0.3) is 0 Å². The molecule has 16 N–H and O–H groups in total. The molecule has 0 unspecified atom stereocenters. The highest BCUT2D eigenvalue weighted by atomic mass is 79.9. The van der Waals surface area contributed by atoms with Gasteiger partial charge < -0.3 is 88.2 Å². The van der Waals surface area contributed by atoms with Crippen LogP contribution < -0.4 is 52.4 Å². The van der Waals surface area contributed by atoms with E-state index in [9.17, 15) is 69.3 Å². The Balaban J connectivity index is 1.36. The van der Waals surface area contributed by atoms with E-state index in [1.807, 2.05) is 13.8 Å². The van der Waals surface area contributed by atoms with Crippen molar-refractivity contribution in [2.24, 2.45) is 11.7 Å². The molecule has 5 heterocycles. The molecule has 25 nitrogen and oxygen atoms in total. The van der Waals surface area contributed by atoms with Crippen molar-refractivity contribution in [1.82, 2.24) is 37.2 Å². The zero-order valence-electron chi connectivity index (χ0n) is 42.2. The lowest BCUT2D eigenvalue weighted by Gasteiger charge is -2.31. The molecule has 0 saturated heterocycles. The van der Waals surface area contributed by atoms with Gasteiger partial charge in [0.1, 0.15) is 71.2 Å². The zero-order chi connectivity index (χ0) is 58.2. The molecular weight excluding hydrogens is 1140 g/mol. The number of carboxylic acid groups (broad SMARTS) is 1. The molecule has 0 radical (unpaired) electrons. The number of phenolic OH excluding ortho intramolecular Hbond substituents is 4. The third-order valence-electron chi connectivity index (χ3n) is 13.3. The Morgan fingerprint density at radius 3 is 1.93 bits per heavy atom. The summed E-state index contributed by atoms with van der Waals surface area (Å²) in [6.07, 6.45) is -4.68. The highest BCUT2D eigenvalue weighted by Crippen LogP contribution is 2.47. The highest BCUT2D eigenvalue weighted by molar-refractivity contribution is 9.10. The van der Waals surface area contributed by atoms with Crippen molar-refractivity contribution in [1.29, 1.82) is 0 Å². The Bertz CT molecular complexity index is 3380. The minimum Gasteiger partial charge on any atom is -0.508 e. The molecular formula is C53H52BrClN8O17. The molecule has 0 aliphatic carbocycles. The maximum absolute atomic E-state index is 15.4. The second-order valence-corrected chi connectivity index (χ2v) is 20.6. The summed E-state index contributed by atoms with van der Waals surface area (Å²) in [4.78, 5) is 114. The lowest BCUT2D eigenvalue weighted by molar-refractivity contribution is -0.143. The van der Waals surface area contributed by atoms with E-state index in [4.69, 9.17) is 26.8 Å². The molecule has 5 aromatic carbocycles. The van der Waals surface area contributed by atoms with Crippen LogP contribution in [0.4, 0.5) is 0 Å². The number of ether oxygens (including phenoxy) is 2. The third-order valence-corrected chi connectivity index (χ3v) is 14.2. The number of benzene rings is 5. The summed E-state index contributed by atoms with van der Waals surface area (Å²) in [5.41, 5.74) is 3.47. The van der Waals surface area contributed by atoms with E-state index >= 15 is 4.79 Å². The maximum Gasteiger partial charge on any atom is 0.330 e. The van der Waals surface area contributed by atoms with Gasteiger partial charge in [0.05, 0.1) is 22.0 Å². The van der Waals surface area contributed by atoms with Crippen LogP contribution >= 0.6 is 27.5 Å². The number of carboxylic acids is 1. The molecule has 5 aliphatic heterocycles. The Morgan fingerprint density at radius 1 is 0.688 bits per heavy atom. The van der Waals surface area contributed by atoms with E-state index < -0.39 is 159 Å². The van der Waals surface area contributed by atoms with Crippen LogP contribution in [-0.2, 0) is 38.4 Å². The van der Waals surface area contributed by atoms with Crippen molar-refractivity contribution in [3.63, 3.8) is 0 Å². The summed E-state index contributed by atoms with van der Waals surface area (Å²) in [5, 5.41) is 96.6. The molecule has 0 saturated carbocycles. The molecule has 5 aliphatic rings. The lowest BCUT2D eigenvalue weighted by atomic mass is 9.89. The third kappa shape index (κ3) is 12.0. The first-order chi connectivity index (χ1) is 37.8. The molecule has 0 spiro atoms. The molecule has 27 heteroatoms. The quantitative estimate of drug-likeness (QED) is 0.106. The van der Waals surface area contributed by atoms with E-state index in [0.717, 1.165) is 48.5 Å². The van der Waals surface area contributed by atoms with Crippen molar-refractivity contribution in [3.8, 4) is 57.1 Å². The molecule has 5 aromatic rings. The number of carbonyl (C=O) groups is 8. The smallest absolute Gasteiger partial charge is 0.330 e. The summed E-state index contributed by atoms with van der Waals surface area (Å²) in [5.74, 6) is -14.5. The highest BCUT2D eigenvalue weighted by Gasteiger charge is 2.41. The normalized spacial score (nSPS) is 22.4. The summed E-state index contributed by atoms with van der Waals surface area (Å²) in [7, 11) is 1.51. The Kier molecular flexibility index (Phi) is 16.8. The van der Waals surface area contributed by atoms with Gasteiger partial charge in [-0.05, 0) is 112 Å². The van der Waals surface area contributed by atoms with Gasteiger partial charge in [-0.2, -0.15) is 0 Å². The van der Waals surface area contributed by atoms with E-state index in [0.29, 0.717) is 0 Å². The van der Waals surface area contributed by atoms with Gasteiger partial charge in [0.15, 0.2) is 17.5 Å². The number of aliphatic carboxylic acids is 1. The van der Waals surface area contributed by atoms with E-state index in [1.165, 1.54) is 37.4 Å². The van der Waals surface area contributed by atoms with Gasteiger partial charge >= 0.3 is 5.97 Å². The molecule has 9 atom stereocenters. The van der Waals surface area contributed by atoms with E-state index in [2.05, 4.69) is 53.1 Å². The van der Waals surface area contributed by atoms with Gasteiger partial charge in [-0.1, -0.05) is 43.6 Å². The number of primary amides is 1. The van der Waals surface area contributed by atoms with Gasteiger partial charge in [-0.25, -0.2) is 4.79 Å². The van der Waals surface area contributed by atoms with Gasteiger partial charge in [-0.3, -0.25) is 33.6 Å².